The number of unbranched alkanes of at least 4 members (excludes halogenated alkanes) is 1. The van der Waals surface area contributed by atoms with Crippen molar-refractivity contribution in [3.8, 4) is 39.3 Å². The first kappa shape index (κ1) is 23.7. The minimum atomic E-state index is -0.123. The lowest BCUT2D eigenvalue weighted by molar-refractivity contribution is 0.425. The summed E-state index contributed by atoms with van der Waals surface area (Å²) < 4.78 is 2.29. The third-order valence-corrected chi connectivity index (χ3v) is 6.88. The van der Waals surface area contributed by atoms with Crippen molar-refractivity contribution >= 4 is 0 Å². The summed E-state index contributed by atoms with van der Waals surface area (Å²) in [5.41, 5.74) is 6.76. The van der Waals surface area contributed by atoms with Gasteiger partial charge in [0.2, 0.25) is 0 Å². The van der Waals surface area contributed by atoms with Crippen LogP contribution >= 0.6 is 0 Å². The van der Waals surface area contributed by atoms with E-state index in [1.807, 2.05) is 0 Å². The number of nitrogens with zero attached hydrogens (tertiary/aromatic N) is 3. The van der Waals surface area contributed by atoms with Gasteiger partial charge < -0.3 is 0 Å². The lowest BCUT2D eigenvalue weighted by Gasteiger charge is -2.26. The molecule has 0 aliphatic heterocycles. The largest absolute Gasteiger partial charge is 0.278 e. The molecule has 0 spiro atoms. The van der Waals surface area contributed by atoms with Crippen molar-refractivity contribution in [3.63, 3.8) is 0 Å². The zero-order valence-electron chi connectivity index (χ0n) is 21.4. The maximum atomic E-state index is 4.84. The second kappa shape index (κ2) is 10.3. The highest BCUT2D eigenvalue weighted by atomic mass is 15.3. The summed E-state index contributed by atoms with van der Waals surface area (Å²) in [6, 6.07) is 38.3. The van der Waals surface area contributed by atoms with Gasteiger partial charge in [-0.1, -0.05) is 131 Å². The zero-order chi connectivity index (χ0) is 25.0. The van der Waals surface area contributed by atoms with Crippen LogP contribution in [0.4, 0.5) is 0 Å². The average Bonchev–Trinajstić information content (AvgIpc) is 3.39. The molecule has 0 unspecified atom stereocenters. The van der Waals surface area contributed by atoms with Crippen LogP contribution < -0.4 is 0 Å². The van der Waals surface area contributed by atoms with E-state index in [2.05, 4.69) is 135 Å². The standard InChI is InChI=1S/C33H33N3/c1-4-5-23-33(2,3)32-35-34-31(28-20-14-19-27(24-28)25-15-8-6-9-16-25)36(32)30-22-13-12-21-29(30)26-17-10-7-11-18-26/h6-22,24H,4-5,23H2,1-3H3. The molecule has 0 amide bonds. The van der Waals surface area contributed by atoms with Gasteiger partial charge in [0.05, 0.1) is 5.69 Å². The highest BCUT2D eigenvalue weighted by molar-refractivity contribution is 5.76. The van der Waals surface area contributed by atoms with Crippen molar-refractivity contribution in [2.45, 2.75) is 45.4 Å². The summed E-state index contributed by atoms with van der Waals surface area (Å²) in [7, 11) is 0. The molecule has 180 valence electrons. The quantitative estimate of drug-likeness (QED) is 0.226. The molecule has 0 saturated carbocycles. The van der Waals surface area contributed by atoms with E-state index in [9.17, 15) is 0 Å². The summed E-state index contributed by atoms with van der Waals surface area (Å²) in [6.45, 7) is 6.82. The average molecular weight is 472 g/mol. The molecular formula is C33H33N3. The molecule has 0 bridgehead atoms. The Bertz CT molecular complexity index is 1430. The van der Waals surface area contributed by atoms with Gasteiger partial charge in [0.15, 0.2) is 5.82 Å². The predicted octanol–water partition coefficient (Wildman–Crippen LogP) is 8.74. The van der Waals surface area contributed by atoms with Crippen LogP contribution in [0.1, 0.15) is 45.9 Å². The van der Waals surface area contributed by atoms with Crippen LogP contribution in [0.5, 0.6) is 0 Å². The molecule has 0 aliphatic rings. The van der Waals surface area contributed by atoms with Gasteiger partial charge in [-0.05, 0) is 35.2 Å². The smallest absolute Gasteiger partial charge is 0.168 e. The zero-order valence-corrected chi connectivity index (χ0v) is 21.4. The van der Waals surface area contributed by atoms with Crippen LogP contribution in [0, 0.1) is 0 Å². The van der Waals surface area contributed by atoms with Gasteiger partial charge in [-0.25, -0.2) is 0 Å². The first-order valence-corrected chi connectivity index (χ1v) is 12.8. The van der Waals surface area contributed by atoms with Gasteiger partial charge in [0, 0.05) is 16.5 Å². The van der Waals surface area contributed by atoms with Crippen LogP contribution in [0.3, 0.4) is 0 Å². The lowest BCUT2D eigenvalue weighted by atomic mass is 9.86. The number of hydrogen-bond donors (Lipinski definition) is 0. The van der Waals surface area contributed by atoms with Gasteiger partial charge in [-0.3, -0.25) is 4.57 Å². The Morgan fingerprint density at radius 3 is 1.97 bits per heavy atom. The fourth-order valence-electron chi connectivity index (χ4n) is 4.87. The Labute approximate surface area is 214 Å². The molecule has 3 nitrogen and oxygen atoms in total. The lowest BCUT2D eigenvalue weighted by Crippen LogP contribution is -2.23. The number of hydrogen-bond acceptors (Lipinski definition) is 2. The Hall–Kier alpha value is -3.98. The van der Waals surface area contributed by atoms with E-state index in [-0.39, 0.29) is 5.41 Å². The summed E-state index contributed by atoms with van der Waals surface area (Å²) in [5.74, 6) is 1.87. The molecule has 0 N–H and O–H groups in total. The molecule has 1 heterocycles. The Kier molecular flexibility index (Phi) is 6.81. The minimum Gasteiger partial charge on any atom is -0.278 e. The molecule has 4 aromatic carbocycles. The highest BCUT2D eigenvalue weighted by Crippen LogP contribution is 2.37. The van der Waals surface area contributed by atoms with E-state index >= 15 is 0 Å². The first-order valence-electron chi connectivity index (χ1n) is 12.8. The van der Waals surface area contributed by atoms with Crippen molar-refractivity contribution in [1.29, 1.82) is 0 Å². The predicted molar refractivity (Wildman–Crippen MR) is 150 cm³/mol. The fraction of sp³-hybridized carbons (Fsp3) is 0.212. The molecule has 3 heteroatoms. The first-order chi connectivity index (χ1) is 17.6. The van der Waals surface area contributed by atoms with E-state index in [1.165, 1.54) is 22.3 Å². The number of aromatic nitrogens is 3. The molecule has 0 aliphatic carbocycles. The molecule has 36 heavy (non-hydrogen) atoms. The molecule has 5 rings (SSSR count). The number of para-hydroxylation sites is 1. The van der Waals surface area contributed by atoms with E-state index in [0.717, 1.165) is 42.2 Å². The Morgan fingerprint density at radius 1 is 0.639 bits per heavy atom. The van der Waals surface area contributed by atoms with E-state index < -0.39 is 0 Å². The second-order valence-corrected chi connectivity index (χ2v) is 10.0. The fourth-order valence-corrected chi connectivity index (χ4v) is 4.87. The Balaban J connectivity index is 1.73. The highest BCUT2D eigenvalue weighted by Gasteiger charge is 2.30. The van der Waals surface area contributed by atoms with Gasteiger partial charge in [0.1, 0.15) is 5.82 Å². The molecular weight excluding hydrogens is 438 g/mol. The summed E-state index contributed by atoms with van der Waals surface area (Å²) >= 11 is 0. The minimum absolute atomic E-state index is 0.123. The molecule has 0 saturated heterocycles. The van der Waals surface area contributed by atoms with Gasteiger partial charge in [0.25, 0.3) is 0 Å². The van der Waals surface area contributed by atoms with Crippen molar-refractivity contribution in [1.82, 2.24) is 14.8 Å². The van der Waals surface area contributed by atoms with Crippen molar-refractivity contribution in [2.24, 2.45) is 0 Å². The van der Waals surface area contributed by atoms with Crippen LogP contribution in [-0.2, 0) is 5.41 Å². The second-order valence-electron chi connectivity index (χ2n) is 10.0. The normalized spacial score (nSPS) is 11.5. The topological polar surface area (TPSA) is 30.7 Å². The Morgan fingerprint density at radius 2 is 1.25 bits per heavy atom. The third kappa shape index (κ3) is 4.74. The molecule has 5 aromatic rings. The molecule has 1 aromatic heterocycles. The van der Waals surface area contributed by atoms with E-state index in [4.69, 9.17) is 10.2 Å². The van der Waals surface area contributed by atoms with Crippen molar-refractivity contribution in [2.75, 3.05) is 0 Å². The number of rotatable bonds is 8. The summed E-state index contributed by atoms with van der Waals surface area (Å²) in [6.07, 6.45) is 3.36. The van der Waals surface area contributed by atoms with Crippen LogP contribution in [0.25, 0.3) is 39.3 Å². The SMILES string of the molecule is CCCCC(C)(C)c1nnc(-c2cccc(-c3ccccc3)c2)n1-c1ccccc1-c1ccccc1. The summed E-state index contributed by atoms with van der Waals surface area (Å²) in [4.78, 5) is 0. The maximum absolute atomic E-state index is 4.84. The van der Waals surface area contributed by atoms with Crippen molar-refractivity contribution in [3.05, 3.63) is 115 Å². The van der Waals surface area contributed by atoms with Gasteiger partial charge in [-0.2, -0.15) is 0 Å². The maximum Gasteiger partial charge on any atom is 0.168 e. The van der Waals surface area contributed by atoms with Crippen LogP contribution in [0.2, 0.25) is 0 Å². The summed E-state index contributed by atoms with van der Waals surface area (Å²) in [5, 5.41) is 9.66. The van der Waals surface area contributed by atoms with Crippen LogP contribution in [-0.4, -0.2) is 14.8 Å². The van der Waals surface area contributed by atoms with E-state index in [1.54, 1.807) is 0 Å². The van der Waals surface area contributed by atoms with Gasteiger partial charge >= 0.3 is 0 Å². The van der Waals surface area contributed by atoms with E-state index in [0.29, 0.717) is 0 Å². The molecule has 0 atom stereocenters. The number of benzene rings is 4. The third-order valence-electron chi connectivity index (χ3n) is 6.88. The molecule has 0 radical (unpaired) electrons. The van der Waals surface area contributed by atoms with Crippen molar-refractivity contribution < 1.29 is 0 Å². The van der Waals surface area contributed by atoms with Gasteiger partial charge in [-0.15, -0.1) is 10.2 Å². The van der Waals surface area contributed by atoms with Crippen LogP contribution in [0.15, 0.2) is 109 Å². The molecule has 0 fully saturated rings. The monoisotopic (exact) mass is 471 g/mol.